The van der Waals surface area contributed by atoms with Crippen LogP contribution in [0.25, 0.3) is 10.2 Å². The number of carbonyl (C=O) groups is 1. The van der Waals surface area contributed by atoms with Crippen LogP contribution in [0.15, 0.2) is 31.8 Å². The number of aromatic nitrogens is 3. The summed E-state index contributed by atoms with van der Waals surface area (Å²) < 4.78 is 25.2. The largest absolute Gasteiger partial charge is 0.481 e. The Morgan fingerprint density at radius 3 is 2.74 bits per heavy atom. The number of hydrogen-bond donors (Lipinski definition) is 1. The van der Waals surface area contributed by atoms with Gasteiger partial charge >= 0.3 is 5.97 Å². The van der Waals surface area contributed by atoms with Gasteiger partial charge in [-0.25, -0.2) is 13.4 Å². The van der Waals surface area contributed by atoms with Crippen LogP contribution < -0.4 is 0 Å². The summed E-state index contributed by atoms with van der Waals surface area (Å²) in [5.41, 5.74) is 0.708. The smallest absolute Gasteiger partial charge is 0.310 e. The molecule has 0 aliphatic carbocycles. The molecule has 0 aliphatic rings. The monoisotopic (exact) mass is 387 g/mol. The minimum absolute atomic E-state index is 0.157. The minimum Gasteiger partial charge on any atom is -0.481 e. The molecule has 120 valence electrons. The van der Waals surface area contributed by atoms with Crippen LogP contribution in [-0.4, -0.2) is 40.9 Å². The summed E-state index contributed by atoms with van der Waals surface area (Å²) in [6.45, 7) is 0. The van der Waals surface area contributed by atoms with E-state index in [0.717, 1.165) is 11.0 Å². The van der Waals surface area contributed by atoms with Crippen LogP contribution in [0.5, 0.6) is 0 Å². The maximum atomic E-state index is 11.6. The first-order valence-electron chi connectivity index (χ1n) is 6.14. The van der Waals surface area contributed by atoms with Gasteiger partial charge < -0.3 is 5.11 Å². The third kappa shape index (κ3) is 3.86. The summed E-state index contributed by atoms with van der Waals surface area (Å²) in [5.74, 6) is -0.953. The quantitative estimate of drug-likeness (QED) is 0.710. The van der Waals surface area contributed by atoms with Crippen LogP contribution in [0.4, 0.5) is 0 Å². The van der Waals surface area contributed by atoms with E-state index in [2.05, 4.69) is 15.2 Å². The molecule has 0 aliphatic heterocycles. The highest BCUT2D eigenvalue weighted by atomic mass is 32.2. The van der Waals surface area contributed by atoms with Gasteiger partial charge in [-0.05, 0) is 30.0 Å². The summed E-state index contributed by atoms with van der Waals surface area (Å²) in [7, 11) is -3.26. The topological polar surface area (TPSA) is 110 Å². The van der Waals surface area contributed by atoms with Gasteiger partial charge in [0.05, 0.1) is 21.5 Å². The molecule has 0 fully saturated rings. The lowest BCUT2D eigenvalue weighted by Gasteiger charge is -1.96. The number of hydrogen-bond acceptors (Lipinski definition) is 9. The van der Waals surface area contributed by atoms with Crippen molar-refractivity contribution in [1.82, 2.24) is 15.2 Å². The molecule has 0 unspecified atom stereocenters. The molecule has 3 rings (SSSR count). The third-order valence-corrected chi connectivity index (χ3v) is 6.86. The van der Waals surface area contributed by atoms with Gasteiger partial charge in [-0.1, -0.05) is 11.3 Å². The van der Waals surface area contributed by atoms with Crippen LogP contribution in [0.1, 0.15) is 5.01 Å². The molecule has 11 heteroatoms. The SMILES string of the molecule is CS(=O)(=O)c1ccc2nc(Sc3nnc(CC(=O)O)s3)sc2c1. The molecular weight excluding hydrogens is 378 g/mol. The van der Waals surface area contributed by atoms with Crippen molar-refractivity contribution in [3.05, 3.63) is 23.2 Å². The normalized spacial score (nSPS) is 11.9. The number of thiazole rings is 1. The molecule has 3 aromatic rings. The maximum absolute atomic E-state index is 11.6. The van der Waals surface area contributed by atoms with E-state index in [1.165, 1.54) is 40.5 Å². The first-order valence-corrected chi connectivity index (χ1v) is 10.5. The number of sulfone groups is 1. The number of fused-ring (bicyclic) bond motifs is 1. The Morgan fingerprint density at radius 2 is 2.04 bits per heavy atom. The van der Waals surface area contributed by atoms with Crippen LogP contribution in [0.3, 0.4) is 0 Å². The maximum Gasteiger partial charge on any atom is 0.310 e. The number of carboxylic acid groups (broad SMARTS) is 1. The minimum atomic E-state index is -3.26. The summed E-state index contributed by atoms with van der Waals surface area (Å²) in [6.07, 6.45) is 1.01. The van der Waals surface area contributed by atoms with E-state index >= 15 is 0 Å². The molecular formula is C12H9N3O4S4. The van der Waals surface area contributed by atoms with Crippen molar-refractivity contribution in [3.8, 4) is 0 Å². The van der Waals surface area contributed by atoms with Gasteiger partial charge in [-0.15, -0.1) is 21.5 Å². The summed E-state index contributed by atoms with van der Waals surface area (Å²) >= 11 is 3.84. The second kappa shape index (κ2) is 6.15. The zero-order valence-corrected chi connectivity index (χ0v) is 14.9. The van der Waals surface area contributed by atoms with Crippen molar-refractivity contribution in [2.75, 3.05) is 6.26 Å². The first kappa shape index (κ1) is 16.3. The predicted molar refractivity (Wildman–Crippen MR) is 88.1 cm³/mol. The van der Waals surface area contributed by atoms with E-state index in [9.17, 15) is 13.2 Å². The van der Waals surface area contributed by atoms with Crippen molar-refractivity contribution in [3.63, 3.8) is 0 Å². The molecule has 1 aromatic carbocycles. The van der Waals surface area contributed by atoms with Crippen LogP contribution in [0.2, 0.25) is 0 Å². The molecule has 0 atom stereocenters. The highest BCUT2D eigenvalue weighted by Crippen LogP contribution is 2.36. The summed E-state index contributed by atoms with van der Waals surface area (Å²) in [6, 6.07) is 4.80. The van der Waals surface area contributed by atoms with E-state index in [-0.39, 0.29) is 11.3 Å². The number of nitrogens with zero attached hydrogens (tertiary/aromatic N) is 3. The zero-order chi connectivity index (χ0) is 16.6. The van der Waals surface area contributed by atoms with Crippen molar-refractivity contribution in [1.29, 1.82) is 0 Å². The molecule has 0 bridgehead atoms. The second-order valence-corrected chi connectivity index (χ2v) is 10.1. The second-order valence-electron chi connectivity index (χ2n) is 4.52. The molecule has 0 saturated heterocycles. The molecule has 7 nitrogen and oxygen atoms in total. The molecule has 0 radical (unpaired) electrons. The van der Waals surface area contributed by atoms with Gasteiger partial charge in [0, 0.05) is 6.26 Å². The fourth-order valence-corrected chi connectivity index (χ4v) is 5.63. The van der Waals surface area contributed by atoms with Gasteiger partial charge in [0.2, 0.25) is 0 Å². The molecule has 0 amide bonds. The fraction of sp³-hybridized carbons (Fsp3) is 0.167. The van der Waals surface area contributed by atoms with E-state index in [0.29, 0.717) is 19.2 Å². The lowest BCUT2D eigenvalue weighted by atomic mass is 10.3. The Morgan fingerprint density at radius 1 is 1.26 bits per heavy atom. The highest BCUT2D eigenvalue weighted by Gasteiger charge is 2.14. The number of aliphatic carboxylic acids is 1. The fourth-order valence-electron chi connectivity index (χ4n) is 1.71. The van der Waals surface area contributed by atoms with E-state index in [4.69, 9.17) is 5.11 Å². The highest BCUT2D eigenvalue weighted by molar-refractivity contribution is 8.02. The van der Waals surface area contributed by atoms with Gasteiger partial charge in [0.25, 0.3) is 0 Å². The number of carboxylic acids is 1. The summed E-state index contributed by atoms with van der Waals surface area (Å²) in [4.78, 5) is 15.3. The first-order chi connectivity index (χ1) is 10.8. The van der Waals surface area contributed by atoms with Crippen LogP contribution in [-0.2, 0) is 21.1 Å². The van der Waals surface area contributed by atoms with Crippen LogP contribution in [0, 0.1) is 0 Å². The van der Waals surface area contributed by atoms with E-state index in [1.54, 1.807) is 12.1 Å². The zero-order valence-electron chi connectivity index (χ0n) is 11.6. The molecule has 23 heavy (non-hydrogen) atoms. The predicted octanol–water partition coefficient (Wildman–Crippen LogP) is 2.33. The van der Waals surface area contributed by atoms with E-state index < -0.39 is 15.8 Å². The van der Waals surface area contributed by atoms with Gasteiger partial charge in [0.1, 0.15) is 5.01 Å². The van der Waals surface area contributed by atoms with Crippen molar-refractivity contribution >= 4 is 60.5 Å². The van der Waals surface area contributed by atoms with Crippen LogP contribution >= 0.6 is 34.4 Å². The van der Waals surface area contributed by atoms with E-state index in [1.807, 2.05) is 0 Å². The van der Waals surface area contributed by atoms with Gasteiger partial charge in [0.15, 0.2) is 18.5 Å². The molecule has 2 heterocycles. The van der Waals surface area contributed by atoms with Crippen molar-refractivity contribution in [2.45, 2.75) is 20.0 Å². The number of rotatable bonds is 5. The third-order valence-electron chi connectivity index (χ3n) is 2.69. The van der Waals surface area contributed by atoms with Gasteiger partial charge in [-0.3, -0.25) is 4.79 Å². The average Bonchev–Trinajstić information content (AvgIpc) is 3.02. The lowest BCUT2D eigenvalue weighted by Crippen LogP contribution is -1.98. The molecule has 2 aromatic heterocycles. The van der Waals surface area contributed by atoms with Crippen molar-refractivity contribution < 1.29 is 18.3 Å². The Labute approximate surface area is 143 Å². The Kier molecular flexibility index (Phi) is 4.36. The van der Waals surface area contributed by atoms with Crippen molar-refractivity contribution in [2.24, 2.45) is 0 Å². The number of benzene rings is 1. The Hall–Kier alpha value is -1.56. The molecule has 0 spiro atoms. The standard InChI is InChI=1S/C12H9N3O4S4/c1-23(18,19)6-2-3-7-8(4-6)20-11(13-7)22-12-15-14-9(21-12)5-10(16)17/h2-4H,5H2,1H3,(H,16,17). The molecule has 0 saturated carbocycles. The summed E-state index contributed by atoms with van der Waals surface area (Å²) in [5, 5.41) is 16.9. The Bertz CT molecular complexity index is 993. The average molecular weight is 387 g/mol. The Balaban J connectivity index is 1.86. The lowest BCUT2D eigenvalue weighted by molar-refractivity contribution is -0.136. The van der Waals surface area contributed by atoms with Gasteiger partial charge in [-0.2, -0.15) is 0 Å². The molecule has 1 N–H and O–H groups in total.